The third kappa shape index (κ3) is 5.21. The molecule has 0 saturated carbocycles. The molecule has 0 amide bonds. The number of nitrogens with one attached hydrogen (secondary N) is 1. The summed E-state index contributed by atoms with van der Waals surface area (Å²) in [6.07, 6.45) is 1.30. The van der Waals surface area contributed by atoms with E-state index in [1.54, 1.807) is 12.1 Å². The maximum atomic E-state index is 11.3. The smallest absolute Gasteiger partial charge is 0.320 e. The average Bonchev–Trinajstić information content (AvgIpc) is 2.49. The Hall–Kier alpha value is -1.84. The molecule has 0 saturated heterocycles. The zero-order valence-corrected chi connectivity index (χ0v) is 12.4. The topological polar surface area (TPSA) is 49.3 Å². The van der Waals surface area contributed by atoms with Gasteiger partial charge in [0.15, 0.2) is 0 Å². The molecule has 0 aliphatic carbocycles. The molecule has 0 aromatic heterocycles. The fraction of sp³-hybridized carbons (Fsp3) is 0.235. The Bertz CT molecular complexity index is 569. The summed E-state index contributed by atoms with van der Waals surface area (Å²) in [6, 6.07) is 16.7. The third-order valence-corrected chi connectivity index (χ3v) is 3.58. The van der Waals surface area contributed by atoms with Crippen molar-refractivity contribution in [3.8, 4) is 0 Å². The second-order valence-electron chi connectivity index (χ2n) is 4.92. The molecule has 2 N–H and O–H groups in total. The minimum atomic E-state index is -0.820. The molecule has 2 aromatic rings. The first-order chi connectivity index (χ1) is 10.1. The molecule has 0 bridgehead atoms. The van der Waals surface area contributed by atoms with Crippen molar-refractivity contribution in [2.75, 3.05) is 0 Å². The van der Waals surface area contributed by atoms with Crippen LogP contribution in [0.4, 0.5) is 0 Å². The molecule has 0 spiro atoms. The molecular weight excluding hydrogens is 286 g/mol. The molecule has 110 valence electrons. The van der Waals surface area contributed by atoms with Gasteiger partial charge in [0.25, 0.3) is 0 Å². The van der Waals surface area contributed by atoms with Gasteiger partial charge in [-0.2, -0.15) is 0 Å². The zero-order valence-electron chi connectivity index (χ0n) is 11.6. The van der Waals surface area contributed by atoms with E-state index in [4.69, 9.17) is 11.6 Å². The lowest BCUT2D eigenvalue weighted by Crippen LogP contribution is -2.36. The van der Waals surface area contributed by atoms with Gasteiger partial charge in [-0.15, -0.1) is 0 Å². The van der Waals surface area contributed by atoms with E-state index in [1.807, 2.05) is 42.5 Å². The molecule has 0 aliphatic rings. The van der Waals surface area contributed by atoms with Crippen LogP contribution in [0.5, 0.6) is 0 Å². The van der Waals surface area contributed by atoms with Crippen LogP contribution in [0.15, 0.2) is 54.6 Å². The predicted molar refractivity (Wildman–Crippen MR) is 84.5 cm³/mol. The van der Waals surface area contributed by atoms with Gasteiger partial charge in [-0.3, -0.25) is 4.79 Å². The second-order valence-corrected chi connectivity index (χ2v) is 5.36. The Morgan fingerprint density at radius 2 is 1.71 bits per heavy atom. The van der Waals surface area contributed by atoms with Crippen molar-refractivity contribution in [1.82, 2.24) is 5.32 Å². The van der Waals surface area contributed by atoms with E-state index >= 15 is 0 Å². The quantitative estimate of drug-likeness (QED) is 0.823. The molecule has 21 heavy (non-hydrogen) atoms. The van der Waals surface area contributed by atoms with Crippen LogP contribution in [0, 0.1) is 0 Å². The first-order valence-electron chi connectivity index (χ1n) is 6.90. The second kappa shape index (κ2) is 7.81. The lowest BCUT2D eigenvalue weighted by molar-refractivity contribution is -0.139. The largest absolute Gasteiger partial charge is 0.480 e. The molecule has 2 rings (SSSR count). The van der Waals surface area contributed by atoms with Crippen molar-refractivity contribution in [2.45, 2.75) is 25.4 Å². The van der Waals surface area contributed by atoms with Crippen LogP contribution >= 0.6 is 11.6 Å². The number of carboxylic acid groups (broad SMARTS) is 1. The maximum Gasteiger partial charge on any atom is 0.320 e. The Balaban J connectivity index is 1.87. The number of aliphatic carboxylic acids is 1. The van der Waals surface area contributed by atoms with Crippen LogP contribution in [0.25, 0.3) is 0 Å². The lowest BCUT2D eigenvalue weighted by Gasteiger charge is -2.14. The summed E-state index contributed by atoms with van der Waals surface area (Å²) < 4.78 is 0. The number of rotatable bonds is 7. The van der Waals surface area contributed by atoms with Gasteiger partial charge in [0, 0.05) is 11.6 Å². The molecular formula is C17H18ClNO2. The van der Waals surface area contributed by atoms with E-state index in [2.05, 4.69) is 5.32 Å². The number of aryl methyl sites for hydroxylation is 1. The molecule has 0 aliphatic heterocycles. The van der Waals surface area contributed by atoms with Gasteiger partial charge >= 0.3 is 5.97 Å². The summed E-state index contributed by atoms with van der Waals surface area (Å²) in [5.41, 5.74) is 2.17. The van der Waals surface area contributed by atoms with Crippen molar-refractivity contribution >= 4 is 17.6 Å². The highest BCUT2D eigenvalue weighted by molar-refractivity contribution is 6.30. The van der Waals surface area contributed by atoms with Gasteiger partial charge in [-0.1, -0.05) is 54.1 Å². The molecule has 3 nitrogen and oxygen atoms in total. The number of hydrogen-bond acceptors (Lipinski definition) is 2. The summed E-state index contributed by atoms with van der Waals surface area (Å²) in [5.74, 6) is -0.820. The highest BCUT2D eigenvalue weighted by Crippen LogP contribution is 2.10. The van der Waals surface area contributed by atoms with Crippen LogP contribution < -0.4 is 5.32 Å². The van der Waals surface area contributed by atoms with E-state index < -0.39 is 12.0 Å². The zero-order chi connectivity index (χ0) is 15.1. The normalized spacial score (nSPS) is 12.0. The Morgan fingerprint density at radius 3 is 2.33 bits per heavy atom. The van der Waals surface area contributed by atoms with Crippen molar-refractivity contribution in [2.24, 2.45) is 0 Å². The molecule has 1 unspecified atom stereocenters. The highest BCUT2D eigenvalue weighted by atomic mass is 35.5. The van der Waals surface area contributed by atoms with Crippen LogP contribution in [-0.2, 0) is 17.8 Å². The number of carboxylic acids is 1. The Labute approximate surface area is 129 Å². The fourth-order valence-corrected chi connectivity index (χ4v) is 2.24. The average molecular weight is 304 g/mol. The van der Waals surface area contributed by atoms with Gasteiger partial charge < -0.3 is 10.4 Å². The summed E-state index contributed by atoms with van der Waals surface area (Å²) in [5, 5.41) is 13.1. The van der Waals surface area contributed by atoms with Crippen molar-refractivity contribution in [3.63, 3.8) is 0 Å². The molecule has 4 heteroatoms. The molecule has 2 aromatic carbocycles. The molecule has 0 heterocycles. The van der Waals surface area contributed by atoms with Gasteiger partial charge in [-0.05, 0) is 36.1 Å². The number of benzene rings is 2. The molecule has 1 atom stereocenters. The molecule has 0 radical (unpaired) electrons. The standard InChI is InChI=1S/C17H18ClNO2/c18-15-9-6-14(7-10-15)12-19-16(17(20)21)11-8-13-4-2-1-3-5-13/h1-7,9-10,16,19H,8,11-12H2,(H,20,21). The number of halogens is 1. The number of hydrogen-bond donors (Lipinski definition) is 2. The van der Waals surface area contributed by atoms with Gasteiger partial charge in [0.2, 0.25) is 0 Å². The highest BCUT2D eigenvalue weighted by Gasteiger charge is 2.16. The summed E-state index contributed by atoms with van der Waals surface area (Å²) in [6.45, 7) is 0.517. The monoisotopic (exact) mass is 303 g/mol. The minimum absolute atomic E-state index is 0.517. The molecule has 0 fully saturated rings. The maximum absolute atomic E-state index is 11.3. The van der Waals surface area contributed by atoms with E-state index in [1.165, 1.54) is 0 Å². The van der Waals surface area contributed by atoms with Crippen molar-refractivity contribution < 1.29 is 9.90 Å². The summed E-state index contributed by atoms with van der Waals surface area (Å²) in [4.78, 5) is 11.3. The van der Waals surface area contributed by atoms with Crippen LogP contribution in [0.3, 0.4) is 0 Å². The Morgan fingerprint density at radius 1 is 1.05 bits per heavy atom. The van der Waals surface area contributed by atoms with E-state index in [0.717, 1.165) is 17.5 Å². The van der Waals surface area contributed by atoms with Crippen molar-refractivity contribution in [1.29, 1.82) is 0 Å². The first kappa shape index (κ1) is 15.5. The lowest BCUT2D eigenvalue weighted by atomic mass is 10.0. The predicted octanol–water partition coefficient (Wildman–Crippen LogP) is 3.52. The van der Waals surface area contributed by atoms with Crippen LogP contribution in [-0.4, -0.2) is 17.1 Å². The minimum Gasteiger partial charge on any atom is -0.480 e. The van der Waals surface area contributed by atoms with E-state index in [0.29, 0.717) is 18.0 Å². The first-order valence-corrected chi connectivity index (χ1v) is 7.27. The summed E-state index contributed by atoms with van der Waals surface area (Å²) in [7, 11) is 0. The van der Waals surface area contributed by atoms with E-state index in [9.17, 15) is 9.90 Å². The van der Waals surface area contributed by atoms with Gasteiger partial charge in [-0.25, -0.2) is 0 Å². The summed E-state index contributed by atoms with van der Waals surface area (Å²) >= 11 is 5.83. The SMILES string of the molecule is O=C(O)C(CCc1ccccc1)NCc1ccc(Cl)cc1. The van der Waals surface area contributed by atoms with Crippen LogP contribution in [0.2, 0.25) is 5.02 Å². The fourth-order valence-electron chi connectivity index (χ4n) is 2.11. The third-order valence-electron chi connectivity index (χ3n) is 3.33. The van der Waals surface area contributed by atoms with Gasteiger partial charge in [0.1, 0.15) is 6.04 Å². The van der Waals surface area contributed by atoms with Crippen molar-refractivity contribution in [3.05, 3.63) is 70.7 Å². The Kier molecular flexibility index (Phi) is 5.78. The van der Waals surface area contributed by atoms with Gasteiger partial charge in [0.05, 0.1) is 0 Å². The number of carbonyl (C=O) groups is 1. The van der Waals surface area contributed by atoms with Crippen LogP contribution in [0.1, 0.15) is 17.5 Å². The van der Waals surface area contributed by atoms with E-state index in [-0.39, 0.29) is 0 Å².